The summed E-state index contributed by atoms with van der Waals surface area (Å²) in [6, 6.07) is 8.12. The van der Waals surface area contributed by atoms with Crippen molar-refractivity contribution in [3.05, 3.63) is 50.7 Å². The van der Waals surface area contributed by atoms with E-state index in [2.05, 4.69) is 5.32 Å². The molecule has 2 N–H and O–H groups in total. The van der Waals surface area contributed by atoms with E-state index >= 15 is 0 Å². The molecule has 36 heavy (non-hydrogen) atoms. The molecule has 1 aliphatic heterocycles. The number of thiophene rings is 1. The third-order valence-corrected chi connectivity index (χ3v) is 8.16. The minimum Gasteiger partial charge on any atom is -0.465 e. The molecule has 4 amide bonds. The molecular weight excluding hydrogens is 502 g/mol. The van der Waals surface area contributed by atoms with Crippen molar-refractivity contribution < 1.29 is 24.3 Å². The van der Waals surface area contributed by atoms with E-state index in [1.165, 1.54) is 9.80 Å². The van der Waals surface area contributed by atoms with Gasteiger partial charge in [0.2, 0.25) is 0 Å². The zero-order valence-corrected chi connectivity index (χ0v) is 22.1. The maximum atomic E-state index is 13.3. The van der Waals surface area contributed by atoms with Crippen molar-refractivity contribution in [1.82, 2.24) is 9.80 Å². The Morgan fingerprint density at radius 3 is 2.33 bits per heavy atom. The van der Waals surface area contributed by atoms with Gasteiger partial charge in [-0.3, -0.25) is 19.3 Å². The van der Waals surface area contributed by atoms with Crippen LogP contribution >= 0.6 is 22.9 Å². The van der Waals surface area contributed by atoms with Crippen molar-refractivity contribution in [1.29, 1.82) is 0 Å². The van der Waals surface area contributed by atoms with Gasteiger partial charge in [-0.1, -0.05) is 17.7 Å². The SMILES string of the molecule is CC(C)(C)N(CC1CCC(CN2C(=O)c3cccc(NC(=O)c4ccc(Cl)s4)c3C2=O)CC1)C(=O)O. The van der Waals surface area contributed by atoms with Gasteiger partial charge >= 0.3 is 6.09 Å². The van der Waals surface area contributed by atoms with Crippen LogP contribution in [0.4, 0.5) is 10.5 Å². The first-order chi connectivity index (χ1) is 17.0. The zero-order chi connectivity index (χ0) is 26.2. The van der Waals surface area contributed by atoms with Gasteiger partial charge in [-0.2, -0.15) is 0 Å². The summed E-state index contributed by atoms with van der Waals surface area (Å²) in [7, 11) is 0. The lowest BCUT2D eigenvalue weighted by atomic mass is 9.81. The van der Waals surface area contributed by atoms with Crippen LogP contribution in [0.15, 0.2) is 30.3 Å². The maximum absolute atomic E-state index is 13.3. The third kappa shape index (κ3) is 5.42. The first-order valence-electron chi connectivity index (χ1n) is 12.0. The van der Waals surface area contributed by atoms with Crippen LogP contribution in [0.3, 0.4) is 0 Å². The number of benzene rings is 1. The highest BCUT2D eigenvalue weighted by Gasteiger charge is 2.40. The highest BCUT2D eigenvalue weighted by Crippen LogP contribution is 2.35. The first-order valence-corrected chi connectivity index (χ1v) is 13.2. The molecule has 1 aliphatic carbocycles. The van der Waals surface area contributed by atoms with Crippen LogP contribution < -0.4 is 5.32 Å². The summed E-state index contributed by atoms with van der Waals surface area (Å²) in [5, 5.41) is 12.3. The Bertz CT molecular complexity index is 1200. The minimum absolute atomic E-state index is 0.155. The summed E-state index contributed by atoms with van der Waals surface area (Å²) >= 11 is 7.06. The quantitative estimate of drug-likeness (QED) is 0.456. The molecular formula is C26H30ClN3O5S. The number of fused-ring (bicyclic) bond motifs is 1. The Labute approximate surface area is 219 Å². The monoisotopic (exact) mass is 531 g/mol. The van der Waals surface area contributed by atoms with Crippen molar-refractivity contribution in [2.45, 2.75) is 52.0 Å². The Balaban J connectivity index is 1.40. The van der Waals surface area contributed by atoms with Crippen LogP contribution in [-0.2, 0) is 0 Å². The highest BCUT2D eigenvalue weighted by molar-refractivity contribution is 7.18. The van der Waals surface area contributed by atoms with Crippen molar-refractivity contribution in [2.75, 3.05) is 18.4 Å². The Kier molecular flexibility index (Phi) is 7.43. The fourth-order valence-electron chi connectivity index (χ4n) is 4.98. The van der Waals surface area contributed by atoms with E-state index in [0.717, 1.165) is 37.0 Å². The largest absolute Gasteiger partial charge is 0.465 e. The van der Waals surface area contributed by atoms with Crippen molar-refractivity contribution in [3.8, 4) is 0 Å². The molecule has 1 fully saturated rings. The summed E-state index contributed by atoms with van der Waals surface area (Å²) in [5.41, 5.74) is 0.348. The van der Waals surface area contributed by atoms with Gasteiger partial charge in [0.05, 0.1) is 26.0 Å². The number of halogens is 1. The number of hydrogen-bond acceptors (Lipinski definition) is 5. The van der Waals surface area contributed by atoms with Gasteiger partial charge in [-0.25, -0.2) is 4.79 Å². The maximum Gasteiger partial charge on any atom is 0.407 e. The molecule has 8 nitrogen and oxygen atoms in total. The molecule has 192 valence electrons. The smallest absolute Gasteiger partial charge is 0.407 e. The van der Waals surface area contributed by atoms with Crippen molar-refractivity contribution in [3.63, 3.8) is 0 Å². The average molecular weight is 532 g/mol. The molecule has 10 heteroatoms. The van der Waals surface area contributed by atoms with Gasteiger partial charge in [-0.15, -0.1) is 11.3 Å². The fraction of sp³-hybridized carbons (Fsp3) is 0.462. The van der Waals surface area contributed by atoms with Crippen LogP contribution in [0, 0.1) is 11.8 Å². The van der Waals surface area contributed by atoms with Gasteiger partial charge in [0.25, 0.3) is 17.7 Å². The number of carboxylic acid groups (broad SMARTS) is 1. The van der Waals surface area contributed by atoms with Crippen LogP contribution in [0.2, 0.25) is 4.34 Å². The number of carbonyl (C=O) groups excluding carboxylic acids is 3. The van der Waals surface area contributed by atoms with Gasteiger partial charge < -0.3 is 15.3 Å². The molecule has 1 aromatic heterocycles. The number of hydrogen-bond donors (Lipinski definition) is 2. The van der Waals surface area contributed by atoms with E-state index in [9.17, 15) is 24.3 Å². The van der Waals surface area contributed by atoms with Gasteiger partial charge in [0, 0.05) is 18.6 Å². The lowest BCUT2D eigenvalue weighted by Gasteiger charge is -2.38. The summed E-state index contributed by atoms with van der Waals surface area (Å²) in [4.78, 5) is 53.9. The Morgan fingerprint density at radius 2 is 1.75 bits per heavy atom. The van der Waals surface area contributed by atoms with Crippen molar-refractivity contribution in [2.24, 2.45) is 11.8 Å². The second kappa shape index (κ2) is 10.2. The zero-order valence-electron chi connectivity index (χ0n) is 20.5. The summed E-state index contributed by atoms with van der Waals surface area (Å²) < 4.78 is 0.486. The lowest BCUT2D eigenvalue weighted by molar-refractivity contribution is 0.0580. The number of nitrogens with zero attached hydrogens (tertiary/aromatic N) is 2. The molecule has 0 saturated heterocycles. The first kappa shape index (κ1) is 26.2. The van der Waals surface area contributed by atoms with Crippen molar-refractivity contribution >= 4 is 52.4 Å². The summed E-state index contributed by atoms with van der Waals surface area (Å²) in [6.07, 6.45) is 2.41. The lowest BCUT2D eigenvalue weighted by Crippen LogP contribution is -2.48. The fourth-order valence-corrected chi connectivity index (χ4v) is 5.91. The van der Waals surface area contributed by atoms with Crippen LogP contribution in [0.25, 0.3) is 0 Å². The molecule has 2 heterocycles. The predicted octanol–water partition coefficient (Wildman–Crippen LogP) is 5.83. The van der Waals surface area contributed by atoms with E-state index in [1.54, 1.807) is 30.3 Å². The van der Waals surface area contributed by atoms with E-state index in [1.807, 2.05) is 20.8 Å². The normalized spacial score (nSPS) is 19.8. The van der Waals surface area contributed by atoms with Gasteiger partial charge in [-0.05, 0) is 82.6 Å². The molecule has 0 atom stereocenters. The molecule has 2 aliphatic rings. The Hall–Kier alpha value is -2.91. The molecule has 1 aromatic carbocycles. The third-order valence-electron chi connectivity index (χ3n) is 6.93. The molecule has 0 radical (unpaired) electrons. The van der Waals surface area contributed by atoms with Gasteiger partial charge in [0.15, 0.2) is 0 Å². The molecule has 2 aromatic rings. The van der Waals surface area contributed by atoms with E-state index in [-0.39, 0.29) is 34.8 Å². The second-order valence-corrected chi connectivity index (χ2v) is 12.2. The molecule has 4 rings (SSSR count). The van der Waals surface area contributed by atoms with Gasteiger partial charge in [0.1, 0.15) is 0 Å². The number of carbonyl (C=O) groups is 4. The highest BCUT2D eigenvalue weighted by atomic mass is 35.5. The molecule has 0 spiro atoms. The molecule has 0 bridgehead atoms. The molecule has 0 unspecified atom stereocenters. The standard InChI is InChI=1S/C26H30ClN3O5S/c1-26(2,3)30(25(34)35)14-16-9-7-15(8-10-16)13-29-23(32)17-5-4-6-18(21(17)24(29)33)28-22(31)19-11-12-20(27)36-19/h4-6,11-12,15-16H,7-10,13-14H2,1-3H3,(H,28,31)(H,34,35). The van der Waals surface area contributed by atoms with Crippen LogP contribution in [0.1, 0.15) is 76.8 Å². The second-order valence-electron chi connectivity index (χ2n) is 10.5. The predicted molar refractivity (Wildman–Crippen MR) is 139 cm³/mol. The topological polar surface area (TPSA) is 107 Å². The number of anilines is 1. The number of nitrogens with one attached hydrogen (secondary N) is 1. The summed E-state index contributed by atoms with van der Waals surface area (Å²) in [5.74, 6) is -0.726. The number of rotatable bonds is 6. The number of amides is 4. The van der Waals surface area contributed by atoms with Crippen LogP contribution in [0.5, 0.6) is 0 Å². The molecule has 1 saturated carbocycles. The van der Waals surface area contributed by atoms with E-state index < -0.39 is 17.5 Å². The summed E-state index contributed by atoms with van der Waals surface area (Å²) in [6.45, 7) is 6.47. The Morgan fingerprint density at radius 1 is 1.08 bits per heavy atom. The van der Waals surface area contributed by atoms with E-state index in [0.29, 0.717) is 28.0 Å². The van der Waals surface area contributed by atoms with E-state index in [4.69, 9.17) is 11.6 Å². The minimum atomic E-state index is -0.916. The number of imide groups is 1. The van der Waals surface area contributed by atoms with Crippen LogP contribution in [-0.4, -0.2) is 57.3 Å². The average Bonchev–Trinajstić information content (AvgIpc) is 3.35.